The lowest BCUT2D eigenvalue weighted by Gasteiger charge is -2.09. The first-order chi connectivity index (χ1) is 8.17. The lowest BCUT2D eigenvalue weighted by molar-refractivity contribution is 0.379. The fourth-order valence-corrected chi connectivity index (χ4v) is 1.81. The first-order valence-electron chi connectivity index (χ1n) is 5.03. The van der Waals surface area contributed by atoms with Gasteiger partial charge < -0.3 is 15.0 Å². The monoisotopic (exact) mass is 253 g/mol. The van der Waals surface area contributed by atoms with Gasteiger partial charge in [-0.2, -0.15) is 4.98 Å². The Hall–Kier alpha value is -1.59. The molecule has 0 atom stereocenters. The predicted molar refractivity (Wildman–Crippen MR) is 63.9 cm³/mol. The van der Waals surface area contributed by atoms with Crippen LogP contribution in [-0.4, -0.2) is 17.3 Å². The molecular formula is C11H12ClN3O2. The zero-order valence-electron chi connectivity index (χ0n) is 9.53. The second kappa shape index (κ2) is 4.73. The van der Waals surface area contributed by atoms with E-state index in [2.05, 4.69) is 10.1 Å². The molecule has 0 saturated heterocycles. The molecule has 0 saturated carbocycles. The molecule has 0 aliphatic carbocycles. The summed E-state index contributed by atoms with van der Waals surface area (Å²) in [5, 5.41) is 4.37. The summed E-state index contributed by atoms with van der Waals surface area (Å²) >= 11 is 6.06. The Bertz CT molecular complexity index is 540. The number of benzene rings is 1. The molecule has 1 aromatic carbocycles. The van der Waals surface area contributed by atoms with Crippen molar-refractivity contribution in [3.63, 3.8) is 0 Å². The summed E-state index contributed by atoms with van der Waals surface area (Å²) in [5.41, 5.74) is 7.11. The van der Waals surface area contributed by atoms with Crippen LogP contribution < -0.4 is 10.5 Å². The highest BCUT2D eigenvalue weighted by Gasteiger charge is 2.17. The van der Waals surface area contributed by atoms with Gasteiger partial charge in [0.25, 0.3) is 0 Å². The van der Waals surface area contributed by atoms with Crippen molar-refractivity contribution >= 4 is 11.6 Å². The molecule has 2 N–H and O–H groups in total. The second-order valence-corrected chi connectivity index (χ2v) is 3.90. The zero-order chi connectivity index (χ0) is 12.4. The van der Waals surface area contributed by atoms with Gasteiger partial charge in [0.15, 0.2) is 0 Å². The fourth-order valence-electron chi connectivity index (χ4n) is 1.57. The van der Waals surface area contributed by atoms with Crippen molar-refractivity contribution < 1.29 is 9.26 Å². The average Bonchev–Trinajstić information content (AvgIpc) is 2.80. The van der Waals surface area contributed by atoms with Crippen molar-refractivity contribution in [3.05, 3.63) is 28.6 Å². The van der Waals surface area contributed by atoms with Crippen LogP contribution in [0.1, 0.15) is 11.5 Å². The van der Waals surface area contributed by atoms with E-state index in [1.165, 1.54) is 0 Å². The number of hydrogen-bond acceptors (Lipinski definition) is 5. The molecule has 0 amide bonds. The van der Waals surface area contributed by atoms with Crippen molar-refractivity contribution in [3.8, 4) is 17.1 Å². The highest BCUT2D eigenvalue weighted by Crippen LogP contribution is 2.37. The van der Waals surface area contributed by atoms with Crippen molar-refractivity contribution in [2.75, 3.05) is 7.11 Å². The standard InChI is InChI=1S/C11H12ClN3O2/c1-6-3-4-7(12)10(16-2)9(6)11-14-8(5-13)17-15-11/h3-4H,5,13H2,1-2H3. The van der Waals surface area contributed by atoms with E-state index in [1.807, 2.05) is 13.0 Å². The molecule has 0 unspecified atom stereocenters. The lowest BCUT2D eigenvalue weighted by Crippen LogP contribution is -1.97. The Labute approximate surface area is 104 Å². The highest BCUT2D eigenvalue weighted by molar-refractivity contribution is 6.32. The van der Waals surface area contributed by atoms with Gasteiger partial charge in [0.1, 0.15) is 5.75 Å². The van der Waals surface area contributed by atoms with Crippen LogP contribution in [0.4, 0.5) is 0 Å². The SMILES string of the molecule is COc1c(Cl)ccc(C)c1-c1noc(CN)n1. The maximum atomic E-state index is 6.06. The second-order valence-electron chi connectivity index (χ2n) is 3.49. The molecule has 90 valence electrons. The summed E-state index contributed by atoms with van der Waals surface area (Å²) in [5.74, 6) is 1.35. The number of ether oxygens (including phenoxy) is 1. The number of halogens is 1. The molecule has 0 bridgehead atoms. The van der Waals surface area contributed by atoms with Crippen LogP contribution in [0.3, 0.4) is 0 Å². The average molecular weight is 254 g/mol. The van der Waals surface area contributed by atoms with Gasteiger partial charge in [0.05, 0.1) is 24.2 Å². The number of nitrogens with zero attached hydrogens (tertiary/aromatic N) is 2. The van der Waals surface area contributed by atoms with Gasteiger partial charge in [-0.25, -0.2) is 0 Å². The van der Waals surface area contributed by atoms with Gasteiger partial charge >= 0.3 is 0 Å². The maximum absolute atomic E-state index is 6.06. The van der Waals surface area contributed by atoms with E-state index in [-0.39, 0.29) is 6.54 Å². The van der Waals surface area contributed by atoms with E-state index in [0.717, 1.165) is 11.1 Å². The quantitative estimate of drug-likeness (QED) is 0.907. The summed E-state index contributed by atoms with van der Waals surface area (Å²) in [4.78, 5) is 4.17. The van der Waals surface area contributed by atoms with E-state index in [4.69, 9.17) is 26.6 Å². The number of nitrogens with two attached hydrogens (primary N) is 1. The molecule has 0 fully saturated rings. The fraction of sp³-hybridized carbons (Fsp3) is 0.273. The molecule has 6 heteroatoms. The minimum Gasteiger partial charge on any atom is -0.494 e. The first-order valence-corrected chi connectivity index (χ1v) is 5.41. The van der Waals surface area contributed by atoms with Gasteiger partial charge in [0, 0.05) is 0 Å². The van der Waals surface area contributed by atoms with Gasteiger partial charge in [-0.15, -0.1) is 0 Å². The number of methoxy groups -OCH3 is 1. The van der Waals surface area contributed by atoms with Crippen molar-refractivity contribution in [2.45, 2.75) is 13.5 Å². The Morgan fingerprint density at radius 2 is 2.24 bits per heavy atom. The molecule has 0 aliphatic rings. The molecule has 1 heterocycles. The van der Waals surface area contributed by atoms with Crippen LogP contribution in [0.2, 0.25) is 5.02 Å². The predicted octanol–water partition coefficient (Wildman–Crippen LogP) is 2.17. The van der Waals surface area contributed by atoms with Crippen molar-refractivity contribution in [1.82, 2.24) is 10.1 Å². The molecule has 0 aliphatic heterocycles. The van der Waals surface area contributed by atoms with E-state index in [1.54, 1.807) is 13.2 Å². The lowest BCUT2D eigenvalue weighted by atomic mass is 10.1. The molecular weight excluding hydrogens is 242 g/mol. The minimum atomic E-state index is 0.203. The van der Waals surface area contributed by atoms with Crippen LogP contribution in [0.15, 0.2) is 16.7 Å². The van der Waals surface area contributed by atoms with Crippen LogP contribution >= 0.6 is 11.6 Å². The third-order valence-corrected chi connectivity index (χ3v) is 2.69. The van der Waals surface area contributed by atoms with Crippen molar-refractivity contribution in [1.29, 1.82) is 0 Å². The Kier molecular flexibility index (Phi) is 3.31. The molecule has 2 rings (SSSR count). The van der Waals surface area contributed by atoms with Gasteiger partial charge in [-0.05, 0) is 18.6 Å². The summed E-state index contributed by atoms with van der Waals surface area (Å²) in [6, 6.07) is 3.64. The number of hydrogen-bond donors (Lipinski definition) is 1. The first kappa shape index (κ1) is 11.9. The molecule has 5 nitrogen and oxygen atoms in total. The number of aryl methyl sites for hydroxylation is 1. The molecule has 0 radical (unpaired) electrons. The van der Waals surface area contributed by atoms with Crippen molar-refractivity contribution in [2.24, 2.45) is 5.73 Å². The Morgan fingerprint density at radius 3 is 2.82 bits per heavy atom. The molecule has 1 aromatic heterocycles. The molecule has 2 aromatic rings. The summed E-state index contributed by atoms with van der Waals surface area (Å²) in [6.07, 6.45) is 0. The van der Waals surface area contributed by atoms with Crippen LogP contribution in [0, 0.1) is 6.92 Å². The van der Waals surface area contributed by atoms with Crippen LogP contribution in [0.25, 0.3) is 11.4 Å². The van der Waals surface area contributed by atoms with Gasteiger partial charge in [-0.3, -0.25) is 0 Å². The zero-order valence-corrected chi connectivity index (χ0v) is 10.3. The smallest absolute Gasteiger partial charge is 0.240 e. The summed E-state index contributed by atoms with van der Waals surface area (Å²) in [6.45, 7) is 2.13. The Morgan fingerprint density at radius 1 is 1.47 bits per heavy atom. The molecule has 0 spiro atoms. The molecule has 17 heavy (non-hydrogen) atoms. The highest BCUT2D eigenvalue weighted by atomic mass is 35.5. The third kappa shape index (κ3) is 2.11. The van der Waals surface area contributed by atoms with E-state index >= 15 is 0 Å². The largest absolute Gasteiger partial charge is 0.494 e. The normalized spacial score (nSPS) is 10.6. The number of rotatable bonds is 3. The van der Waals surface area contributed by atoms with Gasteiger partial charge in [0.2, 0.25) is 11.7 Å². The Balaban J connectivity index is 2.60. The maximum Gasteiger partial charge on any atom is 0.240 e. The summed E-state index contributed by atoms with van der Waals surface area (Å²) < 4.78 is 10.2. The summed E-state index contributed by atoms with van der Waals surface area (Å²) in [7, 11) is 1.55. The topological polar surface area (TPSA) is 74.2 Å². The minimum absolute atomic E-state index is 0.203. The van der Waals surface area contributed by atoms with Gasteiger partial charge in [-0.1, -0.05) is 22.8 Å². The van der Waals surface area contributed by atoms with E-state index < -0.39 is 0 Å². The van der Waals surface area contributed by atoms with Crippen LogP contribution in [0.5, 0.6) is 5.75 Å². The van der Waals surface area contributed by atoms with E-state index in [0.29, 0.717) is 22.5 Å². The third-order valence-electron chi connectivity index (χ3n) is 2.39. The number of aromatic nitrogens is 2. The van der Waals surface area contributed by atoms with Crippen LogP contribution in [-0.2, 0) is 6.54 Å². The van der Waals surface area contributed by atoms with E-state index in [9.17, 15) is 0 Å².